The molecule has 2 unspecified atom stereocenters. The lowest BCUT2D eigenvalue weighted by Crippen LogP contribution is -2.65. The molecule has 3 nitrogen and oxygen atoms in total. The SMILES string of the molecule is COC1CCCCC1N1CC(C)(O)C1. The number of hydrogen-bond acceptors (Lipinski definition) is 3. The van der Waals surface area contributed by atoms with Gasteiger partial charge in [0.15, 0.2) is 0 Å². The van der Waals surface area contributed by atoms with Crippen LogP contribution in [-0.4, -0.2) is 48.0 Å². The van der Waals surface area contributed by atoms with Crippen molar-refractivity contribution in [3.05, 3.63) is 0 Å². The average molecular weight is 199 g/mol. The Balaban J connectivity index is 1.89. The summed E-state index contributed by atoms with van der Waals surface area (Å²) in [6, 6.07) is 0.550. The highest BCUT2D eigenvalue weighted by Crippen LogP contribution is 2.31. The fraction of sp³-hybridized carbons (Fsp3) is 1.00. The van der Waals surface area contributed by atoms with Crippen LogP contribution in [0.5, 0.6) is 0 Å². The van der Waals surface area contributed by atoms with Gasteiger partial charge >= 0.3 is 0 Å². The molecule has 2 fully saturated rings. The Morgan fingerprint density at radius 2 is 1.93 bits per heavy atom. The highest BCUT2D eigenvalue weighted by Gasteiger charge is 2.43. The van der Waals surface area contributed by atoms with E-state index in [0.29, 0.717) is 12.1 Å². The fourth-order valence-electron chi connectivity index (χ4n) is 2.83. The van der Waals surface area contributed by atoms with Crippen LogP contribution in [-0.2, 0) is 4.74 Å². The van der Waals surface area contributed by atoms with Crippen molar-refractivity contribution in [1.82, 2.24) is 4.90 Å². The van der Waals surface area contributed by atoms with Gasteiger partial charge in [-0.1, -0.05) is 12.8 Å². The minimum atomic E-state index is -0.449. The Hall–Kier alpha value is -0.120. The molecule has 82 valence electrons. The summed E-state index contributed by atoms with van der Waals surface area (Å²) in [6.07, 6.45) is 5.40. The van der Waals surface area contributed by atoms with Crippen molar-refractivity contribution in [2.24, 2.45) is 0 Å². The lowest BCUT2D eigenvalue weighted by atomic mass is 9.86. The first-order valence-electron chi connectivity index (χ1n) is 5.62. The second kappa shape index (κ2) is 3.80. The van der Waals surface area contributed by atoms with Crippen molar-refractivity contribution < 1.29 is 9.84 Å². The minimum absolute atomic E-state index is 0.389. The first-order chi connectivity index (χ1) is 6.62. The van der Waals surface area contributed by atoms with Gasteiger partial charge in [0, 0.05) is 26.2 Å². The summed E-state index contributed by atoms with van der Waals surface area (Å²) >= 11 is 0. The van der Waals surface area contributed by atoms with Gasteiger partial charge in [-0.25, -0.2) is 0 Å². The van der Waals surface area contributed by atoms with Crippen LogP contribution in [0.4, 0.5) is 0 Å². The molecule has 0 bridgehead atoms. The maximum Gasteiger partial charge on any atom is 0.0872 e. The zero-order valence-electron chi connectivity index (χ0n) is 9.20. The van der Waals surface area contributed by atoms with Crippen LogP contribution < -0.4 is 0 Å². The summed E-state index contributed by atoms with van der Waals surface area (Å²) in [5.74, 6) is 0. The molecule has 1 heterocycles. The average Bonchev–Trinajstić information content (AvgIpc) is 2.14. The zero-order valence-corrected chi connectivity index (χ0v) is 9.20. The van der Waals surface area contributed by atoms with E-state index in [4.69, 9.17) is 4.74 Å². The second-order valence-electron chi connectivity index (χ2n) is 5.03. The smallest absolute Gasteiger partial charge is 0.0872 e. The Bertz CT molecular complexity index is 197. The van der Waals surface area contributed by atoms with E-state index in [9.17, 15) is 5.11 Å². The lowest BCUT2D eigenvalue weighted by molar-refractivity contribution is -0.133. The normalized spacial score (nSPS) is 37.9. The van der Waals surface area contributed by atoms with Crippen molar-refractivity contribution >= 4 is 0 Å². The van der Waals surface area contributed by atoms with Gasteiger partial charge in [0.2, 0.25) is 0 Å². The van der Waals surface area contributed by atoms with Crippen molar-refractivity contribution in [2.45, 2.75) is 50.4 Å². The van der Waals surface area contributed by atoms with Crippen molar-refractivity contribution in [3.8, 4) is 0 Å². The molecule has 1 aliphatic carbocycles. The molecule has 1 aliphatic heterocycles. The molecule has 1 saturated carbocycles. The maximum absolute atomic E-state index is 9.69. The number of methoxy groups -OCH3 is 1. The van der Waals surface area contributed by atoms with E-state index < -0.39 is 5.60 Å². The topological polar surface area (TPSA) is 32.7 Å². The predicted octanol–water partition coefficient (Wildman–Crippen LogP) is 1.01. The van der Waals surface area contributed by atoms with Crippen LogP contribution in [0.25, 0.3) is 0 Å². The summed E-state index contributed by atoms with van der Waals surface area (Å²) in [4.78, 5) is 2.37. The van der Waals surface area contributed by atoms with Gasteiger partial charge in [0.25, 0.3) is 0 Å². The van der Waals surface area contributed by atoms with Gasteiger partial charge in [0.1, 0.15) is 0 Å². The molecule has 2 aliphatic rings. The molecule has 0 aromatic carbocycles. The van der Waals surface area contributed by atoms with E-state index >= 15 is 0 Å². The van der Waals surface area contributed by atoms with Crippen LogP contribution in [0.2, 0.25) is 0 Å². The standard InChI is InChI=1S/C11H21NO2/c1-11(13)7-12(8-11)9-5-3-4-6-10(9)14-2/h9-10,13H,3-8H2,1-2H3. The minimum Gasteiger partial charge on any atom is -0.388 e. The van der Waals surface area contributed by atoms with Crippen LogP contribution >= 0.6 is 0 Å². The molecule has 0 spiro atoms. The van der Waals surface area contributed by atoms with Crippen molar-refractivity contribution in [1.29, 1.82) is 0 Å². The highest BCUT2D eigenvalue weighted by molar-refractivity contribution is 4.98. The van der Waals surface area contributed by atoms with Crippen LogP contribution in [0, 0.1) is 0 Å². The molecular formula is C11H21NO2. The quantitative estimate of drug-likeness (QED) is 0.720. The number of likely N-dealkylation sites (tertiary alicyclic amines) is 1. The third kappa shape index (κ3) is 1.95. The number of hydrogen-bond donors (Lipinski definition) is 1. The van der Waals surface area contributed by atoms with E-state index in [2.05, 4.69) is 4.90 Å². The highest BCUT2D eigenvalue weighted by atomic mass is 16.5. The van der Waals surface area contributed by atoms with Crippen molar-refractivity contribution in [2.75, 3.05) is 20.2 Å². The Morgan fingerprint density at radius 3 is 2.50 bits per heavy atom. The molecule has 1 saturated heterocycles. The molecule has 2 rings (SSSR count). The molecule has 14 heavy (non-hydrogen) atoms. The van der Waals surface area contributed by atoms with E-state index in [-0.39, 0.29) is 0 Å². The third-order valence-electron chi connectivity index (χ3n) is 3.53. The third-order valence-corrected chi connectivity index (χ3v) is 3.53. The molecular weight excluding hydrogens is 178 g/mol. The van der Waals surface area contributed by atoms with E-state index in [1.807, 2.05) is 6.92 Å². The second-order valence-corrected chi connectivity index (χ2v) is 5.03. The predicted molar refractivity (Wildman–Crippen MR) is 55.2 cm³/mol. The maximum atomic E-state index is 9.69. The molecule has 0 radical (unpaired) electrons. The molecule has 0 aromatic heterocycles. The van der Waals surface area contributed by atoms with Crippen LogP contribution in [0.1, 0.15) is 32.6 Å². The van der Waals surface area contributed by atoms with Gasteiger partial charge in [-0.05, 0) is 19.8 Å². The van der Waals surface area contributed by atoms with Gasteiger partial charge in [0.05, 0.1) is 11.7 Å². The number of ether oxygens (including phenoxy) is 1. The number of rotatable bonds is 2. The molecule has 3 heteroatoms. The Morgan fingerprint density at radius 1 is 1.29 bits per heavy atom. The summed E-state index contributed by atoms with van der Waals surface area (Å²) in [5.41, 5.74) is -0.449. The van der Waals surface area contributed by atoms with E-state index in [0.717, 1.165) is 13.1 Å². The molecule has 1 N–H and O–H groups in total. The molecule has 0 amide bonds. The number of nitrogens with zero attached hydrogens (tertiary/aromatic N) is 1. The number of aliphatic hydroxyl groups is 1. The zero-order chi connectivity index (χ0) is 10.2. The van der Waals surface area contributed by atoms with Crippen molar-refractivity contribution in [3.63, 3.8) is 0 Å². The van der Waals surface area contributed by atoms with Crippen LogP contribution in [0.3, 0.4) is 0 Å². The number of β-amino-alcohol motifs (C(OH)–C–C–N with tert-alkyl or cyclic N) is 1. The first-order valence-corrected chi connectivity index (χ1v) is 5.62. The molecule has 2 atom stereocenters. The summed E-state index contributed by atoms with van der Waals surface area (Å²) < 4.78 is 5.51. The van der Waals surface area contributed by atoms with Gasteiger partial charge < -0.3 is 9.84 Å². The van der Waals surface area contributed by atoms with Gasteiger partial charge in [-0.3, -0.25) is 4.90 Å². The van der Waals surface area contributed by atoms with Crippen LogP contribution in [0.15, 0.2) is 0 Å². The monoisotopic (exact) mass is 199 g/mol. The van der Waals surface area contributed by atoms with E-state index in [1.165, 1.54) is 25.7 Å². The fourth-order valence-corrected chi connectivity index (χ4v) is 2.83. The summed E-state index contributed by atoms with van der Waals surface area (Å²) in [7, 11) is 1.81. The summed E-state index contributed by atoms with van der Waals surface area (Å²) in [5, 5.41) is 9.69. The first kappa shape index (κ1) is 10.4. The lowest BCUT2D eigenvalue weighted by Gasteiger charge is -2.51. The molecule has 0 aromatic rings. The van der Waals surface area contributed by atoms with Gasteiger partial charge in [-0.15, -0.1) is 0 Å². The summed E-state index contributed by atoms with van der Waals surface area (Å²) in [6.45, 7) is 3.54. The van der Waals surface area contributed by atoms with E-state index in [1.54, 1.807) is 7.11 Å². The van der Waals surface area contributed by atoms with Gasteiger partial charge in [-0.2, -0.15) is 0 Å². The Kier molecular flexibility index (Phi) is 2.82. The Labute approximate surface area is 86.0 Å². The largest absolute Gasteiger partial charge is 0.388 e.